The number of halogens is 16. The number of alkyl halides is 15. The summed E-state index contributed by atoms with van der Waals surface area (Å²) in [5.41, 5.74) is -4.08. The van der Waals surface area contributed by atoms with Crippen LogP contribution in [0.25, 0.3) is 0 Å². The van der Waals surface area contributed by atoms with Gasteiger partial charge in [0.25, 0.3) is 38.6 Å². The minimum absolute atomic E-state index is 0. The Kier molecular flexibility index (Phi) is 44.7. The maximum atomic E-state index is 12.3. The minimum atomic E-state index is -5.87. The maximum absolute atomic E-state index is 12.3. The van der Waals surface area contributed by atoms with Gasteiger partial charge in [-0.3, -0.25) is 72.0 Å². The molecule has 0 spiro atoms. The number of hydrogen-bond donors (Lipinski definition) is 3. The van der Waals surface area contributed by atoms with E-state index in [-0.39, 0.29) is 79.2 Å². The van der Waals surface area contributed by atoms with Crippen LogP contribution in [-0.4, -0.2) is 172 Å². The number of nitrogens with zero attached hydrogens (tertiary/aromatic N) is 16. The SMILES string of the molecule is CC(c1ccncc1)c1ccn(CC(F)F)n1.Ic1ccncc1.O=C(c1ccncc1)c1ccn(CC(F)F)n1.O=Cc1ccn(CC(F)F)n1.O=Cc1ccn[nH]1.O=S(=O)(OCC(F)F)C(F)(F)F.OC(c1ccncc1)c1ccn(CC(F)F)n1.[2H]C([2H])([2H])C(O)(c1ccncc1)c1ccn(CC(F)F)n1.[2H][C-]([2H])[2H].[Li+].[O]=[Mn]=[O].[Zn]. The molecule has 0 saturated carbocycles. The molecule has 0 radical (unpaired) electrons. The summed E-state index contributed by atoms with van der Waals surface area (Å²) >= 11 is 0.802. The molecule has 3 unspecified atom stereocenters. The van der Waals surface area contributed by atoms with Gasteiger partial charge in [0.2, 0.25) is 5.78 Å². The molecule has 47 heteroatoms. The van der Waals surface area contributed by atoms with Crippen LogP contribution in [0.15, 0.2) is 196 Å². The van der Waals surface area contributed by atoms with E-state index in [4.69, 9.17) is 15.9 Å². The van der Waals surface area contributed by atoms with Crippen LogP contribution in [0.5, 0.6) is 0 Å². The number of carbonyl (C=O) groups is 3. The van der Waals surface area contributed by atoms with Crippen LogP contribution in [0, 0.1) is 10.9 Å². The molecule has 0 amide bonds. The summed E-state index contributed by atoms with van der Waals surface area (Å²) in [5, 5.41) is 45.8. The number of aromatic nitrogens is 17. The van der Waals surface area contributed by atoms with Crippen molar-refractivity contribution in [2.45, 2.75) is 108 Å². The van der Waals surface area contributed by atoms with Gasteiger partial charge in [-0.15, -0.1) is 0 Å². The zero-order valence-corrected chi connectivity index (χ0v) is 65.0. The molecule has 3 atom stereocenters. The molecule has 112 heavy (non-hydrogen) atoms. The molecule has 11 aromatic heterocycles. The standard InChI is InChI=1S/C12H13F2N3O.C12H13F2N3.C11H11F2N3O.C11H9F2N3O.C6H6F2N2O.C5H4IN.C4H4N2O.C3H3F5O3S.CH3.Li.Mn.2O.Zn/c1-12(18,9-2-5-15-6-3-9)10-4-7-17(16-10)8-11(13)14;1-9(10-2-5-15-6-3-10)11-4-7-17(16-11)8-12(13)14;2*12-10(13)7-16-6-3-9(15-16)11(17)8-1-4-14-5-2-8;7-6(8)3-10-2-1-5(4-11)9-10;6-5-1-3-7-4-2-5;7-3-4-1-2-5-6-4;4-2(5)1-11-12(9,10)3(6,7)8;;;;;;/h2-7,11,18H,8H2,1H3;2-7,9,12H,8H2,1H3;1-6,10-11,17H,7H2;1-6,10H,7H2;1-2,4,6H,3H2;1-4H;1-3H,(H,5,6);2H,1H2;1H3;;;;;/q;;;;;;;;-1;+1;;;;/i1D3;;;;;;;;1D3;;;;;. The number of aliphatic hydroxyl groups excluding tert-OH is 1. The second-order valence-corrected chi connectivity index (χ2v) is 23.5. The second kappa shape index (κ2) is 54.5. The molecule has 11 aromatic rings. The average molecular weight is 1820 g/mol. The molecular formula is C65H66F15ILiMnN17O10SZn. The van der Waals surface area contributed by atoms with Gasteiger partial charge < -0.3 is 17.6 Å². The van der Waals surface area contributed by atoms with E-state index in [1.54, 1.807) is 79.8 Å². The van der Waals surface area contributed by atoms with Crippen LogP contribution in [0.4, 0.5) is 65.9 Å². The molecule has 11 rings (SSSR count). The van der Waals surface area contributed by atoms with Crippen LogP contribution in [0.2, 0.25) is 0 Å². The normalized spacial score (nSPS) is 12.5. The van der Waals surface area contributed by atoms with E-state index < -0.39 is 128 Å². The van der Waals surface area contributed by atoms with Crippen molar-refractivity contribution in [1.82, 2.24) is 84.0 Å². The van der Waals surface area contributed by atoms with Gasteiger partial charge in [0, 0.05) is 138 Å². The molecule has 0 aliphatic carbocycles. The molecule has 0 aliphatic rings. The van der Waals surface area contributed by atoms with Crippen molar-refractivity contribution in [3.63, 3.8) is 0 Å². The summed E-state index contributed by atoms with van der Waals surface area (Å²) in [5.74, 6) is -0.225. The fourth-order valence-electron chi connectivity index (χ4n) is 7.63. The number of pyridine rings is 5. The number of aromatic amines is 1. The Morgan fingerprint density at radius 2 is 0.982 bits per heavy atom. The molecule has 0 saturated heterocycles. The first-order valence-electron chi connectivity index (χ1n) is 33.1. The van der Waals surface area contributed by atoms with Gasteiger partial charge in [0.1, 0.15) is 62.4 Å². The Hall–Kier alpha value is -9.13. The van der Waals surface area contributed by atoms with Crippen LogP contribution >= 0.6 is 22.6 Å². The number of H-pyrrole nitrogens is 1. The third kappa shape index (κ3) is 40.4. The van der Waals surface area contributed by atoms with Crippen molar-refractivity contribution in [1.29, 1.82) is 0 Å². The summed E-state index contributed by atoms with van der Waals surface area (Å²) in [6.07, 6.45) is 8.85. The van der Waals surface area contributed by atoms with Gasteiger partial charge >= 0.3 is 57.0 Å². The number of hydrogen-bond acceptors (Lipinski definition) is 21. The smallest absolute Gasteiger partial charge is 0 e. The number of rotatable bonds is 23. The predicted molar refractivity (Wildman–Crippen MR) is 363 cm³/mol. The summed E-state index contributed by atoms with van der Waals surface area (Å²) in [6, 6.07) is 25.7. The number of carbonyl (C=O) groups excluding carboxylic acids is 3. The van der Waals surface area contributed by atoms with Gasteiger partial charge in [-0.2, -0.15) is 52.2 Å². The molecule has 27 nitrogen and oxygen atoms in total. The second-order valence-electron chi connectivity index (χ2n) is 20.4. The van der Waals surface area contributed by atoms with Gasteiger partial charge in [0.05, 0.1) is 22.8 Å². The van der Waals surface area contributed by atoms with Gasteiger partial charge in [-0.1, -0.05) is 6.92 Å². The molecule has 0 aliphatic heterocycles. The molecular weight excluding hydrogens is 1750 g/mol. The number of aldehydes is 2. The van der Waals surface area contributed by atoms with Crippen molar-refractivity contribution >= 4 is 51.1 Å². The first kappa shape index (κ1) is 91.7. The zero-order chi connectivity index (χ0) is 87.2. The predicted octanol–water partition coefficient (Wildman–Crippen LogP) is 9.09. The van der Waals surface area contributed by atoms with E-state index >= 15 is 0 Å². The Labute approximate surface area is 681 Å². The summed E-state index contributed by atoms with van der Waals surface area (Å²) in [7, 11) is -6.71. The molecule has 11 heterocycles. The van der Waals surface area contributed by atoms with Crippen LogP contribution in [0.1, 0.15) is 105 Å². The fraction of sp³-hybridized carbons (Fsp3) is 0.277. The molecule has 0 aromatic carbocycles. The van der Waals surface area contributed by atoms with Gasteiger partial charge in [-0.25, -0.2) is 56.8 Å². The Morgan fingerprint density at radius 3 is 1.38 bits per heavy atom. The molecule has 3 N–H and O–H groups in total. The van der Waals surface area contributed by atoms with Crippen molar-refractivity contribution < 1.29 is 172 Å². The van der Waals surface area contributed by atoms with Crippen molar-refractivity contribution in [2.75, 3.05) is 6.61 Å². The molecule has 0 bridgehead atoms. The third-order valence-electron chi connectivity index (χ3n) is 12.5. The van der Waals surface area contributed by atoms with E-state index in [2.05, 4.69) is 87.4 Å². The first-order valence-corrected chi connectivity index (χ1v) is 33.5. The third-order valence-corrected chi connectivity index (χ3v) is 14.3. The number of aliphatic hydroxyl groups is 2. The Balaban J connectivity index is 0.00000133. The molecule has 599 valence electrons. The quantitative estimate of drug-likeness (QED) is 0.00785. The van der Waals surface area contributed by atoms with E-state index in [0.717, 1.165) is 30.0 Å². The number of ketones is 1. The minimum Gasteiger partial charge on any atom is 0 e. The van der Waals surface area contributed by atoms with E-state index in [1.165, 1.54) is 100 Å². The Bertz CT molecular complexity index is 4590. The van der Waals surface area contributed by atoms with E-state index in [9.17, 15) is 98.9 Å². The van der Waals surface area contributed by atoms with E-state index in [1.807, 2.05) is 31.2 Å². The zero-order valence-electron chi connectivity index (χ0n) is 63.8. The van der Waals surface area contributed by atoms with Crippen LogP contribution in [0.3, 0.4) is 0 Å². The monoisotopic (exact) mass is 1820 g/mol. The summed E-state index contributed by atoms with van der Waals surface area (Å²) in [6.45, 7) is -5.10. The molecule has 0 fully saturated rings. The topological polar surface area (TPSA) is 351 Å². The van der Waals surface area contributed by atoms with Crippen molar-refractivity contribution in [3.05, 3.63) is 264 Å². The summed E-state index contributed by atoms with van der Waals surface area (Å²) < 4.78 is 264. The Morgan fingerprint density at radius 1 is 0.580 bits per heavy atom. The van der Waals surface area contributed by atoms with Gasteiger partial charge in [0.15, 0.2) is 12.6 Å². The van der Waals surface area contributed by atoms with Crippen LogP contribution in [-0.2, 0) is 94.6 Å². The fourth-order valence-corrected chi connectivity index (χ4v) is 8.37. The van der Waals surface area contributed by atoms with Crippen molar-refractivity contribution in [3.8, 4) is 0 Å². The number of nitrogens with one attached hydrogen (secondary N) is 1. The average Bonchev–Trinajstić information content (AvgIpc) is 1.39. The summed E-state index contributed by atoms with van der Waals surface area (Å²) in [4.78, 5) is 50.9. The maximum Gasteiger partial charge on any atom is 0 e. The van der Waals surface area contributed by atoms with Gasteiger partial charge in [-0.05, 0) is 143 Å². The van der Waals surface area contributed by atoms with Crippen LogP contribution < -0.4 is 18.9 Å². The first-order chi connectivity index (χ1) is 54.6. The van der Waals surface area contributed by atoms with Crippen molar-refractivity contribution in [2.24, 2.45) is 0 Å². The largest absolute Gasteiger partial charge is 0 e. The van der Waals surface area contributed by atoms with E-state index in [0.29, 0.717) is 35.1 Å².